The number of likely N-dealkylation sites (tertiary alicyclic amines) is 2. The first-order valence-electron chi connectivity index (χ1n) is 12.8. The van der Waals surface area contributed by atoms with Crippen LogP contribution in [-0.4, -0.2) is 73.5 Å². The average Bonchev–Trinajstić information content (AvgIpc) is 3.18. The Morgan fingerprint density at radius 2 is 1.94 bits per heavy atom. The molecule has 2 N–H and O–H groups in total. The van der Waals surface area contributed by atoms with Crippen molar-refractivity contribution in [2.75, 3.05) is 45.8 Å². The first-order valence-corrected chi connectivity index (χ1v) is 12.8. The second-order valence-electron chi connectivity index (χ2n) is 9.29. The highest BCUT2D eigenvalue weighted by Crippen LogP contribution is 2.19. The summed E-state index contributed by atoms with van der Waals surface area (Å²) in [4.78, 5) is 22.0. The molecule has 2 aliphatic rings. The van der Waals surface area contributed by atoms with Gasteiger partial charge < -0.3 is 15.5 Å². The van der Waals surface area contributed by atoms with Gasteiger partial charge >= 0.3 is 0 Å². The van der Waals surface area contributed by atoms with Crippen LogP contribution in [0.4, 0.5) is 0 Å². The maximum atomic E-state index is 12.5. The van der Waals surface area contributed by atoms with Crippen molar-refractivity contribution in [3.05, 3.63) is 35.9 Å². The molecule has 0 aromatic heterocycles. The number of carbonyl (C=O) groups is 1. The number of halogens is 1. The lowest BCUT2D eigenvalue weighted by atomic mass is 10.0. The first-order chi connectivity index (χ1) is 15.7. The third-order valence-corrected chi connectivity index (χ3v) is 6.71. The minimum Gasteiger partial charge on any atom is -0.357 e. The number of hydrogen-bond acceptors (Lipinski definition) is 3. The van der Waals surface area contributed by atoms with Crippen LogP contribution in [0.1, 0.15) is 57.9 Å². The Morgan fingerprint density at radius 3 is 2.70 bits per heavy atom. The smallest absolute Gasteiger partial charge is 0.223 e. The van der Waals surface area contributed by atoms with Crippen LogP contribution in [0.3, 0.4) is 0 Å². The fraction of sp³-hybridized carbons (Fsp3) is 0.692. The van der Waals surface area contributed by atoms with Crippen LogP contribution in [-0.2, 0) is 11.2 Å². The van der Waals surface area contributed by atoms with Crippen molar-refractivity contribution >= 4 is 35.8 Å². The van der Waals surface area contributed by atoms with E-state index >= 15 is 0 Å². The summed E-state index contributed by atoms with van der Waals surface area (Å²) < 4.78 is 0. The summed E-state index contributed by atoms with van der Waals surface area (Å²) >= 11 is 0. The van der Waals surface area contributed by atoms with Gasteiger partial charge in [0.1, 0.15) is 0 Å². The molecule has 6 nitrogen and oxygen atoms in total. The normalized spacial score (nSPS) is 21.7. The maximum absolute atomic E-state index is 12.5. The SMILES string of the molecule is CCCCN1CCCCC1CNC(=NCC1CC(=O)N(CCc2ccccc2)C1)NCC.I. The van der Waals surface area contributed by atoms with E-state index in [1.54, 1.807) is 0 Å². The topological polar surface area (TPSA) is 60.0 Å². The van der Waals surface area contributed by atoms with Crippen LogP contribution in [0, 0.1) is 5.92 Å². The van der Waals surface area contributed by atoms with Crippen molar-refractivity contribution in [3.8, 4) is 0 Å². The molecular weight excluding hydrogens is 525 g/mol. The molecular formula is C26H44IN5O. The quantitative estimate of drug-likeness (QED) is 0.241. The van der Waals surface area contributed by atoms with E-state index in [1.807, 2.05) is 11.0 Å². The third kappa shape index (κ3) is 9.43. The van der Waals surface area contributed by atoms with E-state index in [9.17, 15) is 4.79 Å². The van der Waals surface area contributed by atoms with E-state index < -0.39 is 0 Å². The largest absolute Gasteiger partial charge is 0.357 e. The van der Waals surface area contributed by atoms with Crippen molar-refractivity contribution < 1.29 is 4.79 Å². The van der Waals surface area contributed by atoms with E-state index in [2.05, 4.69) is 53.6 Å². The van der Waals surface area contributed by atoms with Crippen molar-refractivity contribution in [2.24, 2.45) is 10.9 Å². The standard InChI is InChI=1S/C26H43N5O.HI/c1-3-5-15-30-16-10-9-13-24(30)20-29-26(27-4-2)28-19-23-18-25(32)31(21-23)17-14-22-11-7-6-8-12-22;/h6-8,11-12,23-24H,3-5,9-10,13-21H2,1-2H3,(H2,27,28,29);1H. The summed E-state index contributed by atoms with van der Waals surface area (Å²) in [5.41, 5.74) is 1.29. The Morgan fingerprint density at radius 1 is 1.12 bits per heavy atom. The molecule has 0 bridgehead atoms. The number of nitrogens with zero attached hydrogens (tertiary/aromatic N) is 3. The fourth-order valence-corrected chi connectivity index (χ4v) is 4.82. The Hall–Kier alpha value is -1.35. The molecule has 2 saturated heterocycles. The average molecular weight is 570 g/mol. The van der Waals surface area contributed by atoms with Crippen LogP contribution < -0.4 is 10.6 Å². The minimum absolute atomic E-state index is 0. The second-order valence-corrected chi connectivity index (χ2v) is 9.29. The Labute approximate surface area is 218 Å². The van der Waals surface area contributed by atoms with Gasteiger partial charge in [-0.05, 0) is 51.3 Å². The van der Waals surface area contributed by atoms with Crippen molar-refractivity contribution in [1.29, 1.82) is 0 Å². The Bertz CT molecular complexity index is 714. The number of hydrogen-bond donors (Lipinski definition) is 2. The van der Waals surface area contributed by atoms with Gasteiger partial charge in [-0.3, -0.25) is 14.7 Å². The van der Waals surface area contributed by atoms with E-state index in [1.165, 1.54) is 50.8 Å². The highest BCUT2D eigenvalue weighted by Gasteiger charge is 2.29. The van der Waals surface area contributed by atoms with Gasteiger partial charge in [-0.15, -0.1) is 24.0 Å². The van der Waals surface area contributed by atoms with Gasteiger partial charge in [-0.1, -0.05) is 50.1 Å². The van der Waals surface area contributed by atoms with Crippen molar-refractivity contribution in [3.63, 3.8) is 0 Å². The molecule has 186 valence electrons. The number of benzene rings is 1. The van der Waals surface area contributed by atoms with E-state index in [-0.39, 0.29) is 29.9 Å². The van der Waals surface area contributed by atoms with Gasteiger partial charge in [0.25, 0.3) is 0 Å². The van der Waals surface area contributed by atoms with Crippen LogP contribution >= 0.6 is 24.0 Å². The molecule has 2 unspecified atom stereocenters. The first kappa shape index (κ1) is 27.9. The maximum Gasteiger partial charge on any atom is 0.223 e. The molecule has 1 amide bonds. The number of nitrogens with one attached hydrogen (secondary N) is 2. The third-order valence-electron chi connectivity index (χ3n) is 6.71. The second kappa shape index (κ2) is 15.5. The molecule has 0 radical (unpaired) electrons. The number of piperidine rings is 1. The molecule has 1 aromatic rings. The Kier molecular flexibility index (Phi) is 13.1. The zero-order chi connectivity index (χ0) is 22.6. The number of aliphatic imine (C=N–C) groups is 1. The number of carbonyl (C=O) groups excluding carboxylic acids is 1. The monoisotopic (exact) mass is 569 g/mol. The van der Waals surface area contributed by atoms with Crippen molar-refractivity contribution in [2.45, 2.75) is 64.8 Å². The molecule has 3 rings (SSSR count). The summed E-state index contributed by atoms with van der Waals surface area (Å²) in [7, 11) is 0. The zero-order valence-corrected chi connectivity index (χ0v) is 22.9. The molecule has 33 heavy (non-hydrogen) atoms. The molecule has 2 heterocycles. The van der Waals surface area contributed by atoms with E-state index in [0.29, 0.717) is 24.9 Å². The molecule has 2 aliphatic heterocycles. The molecule has 2 fully saturated rings. The van der Waals surface area contributed by atoms with Gasteiger partial charge in [0.2, 0.25) is 5.91 Å². The van der Waals surface area contributed by atoms with Crippen LogP contribution in [0.2, 0.25) is 0 Å². The molecule has 2 atom stereocenters. The number of rotatable bonds is 11. The summed E-state index contributed by atoms with van der Waals surface area (Å²) in [6, 6.07) is 11.0. The van der Waals surface area contributed by atoms with Crippen LogP contribution in [0.25, 0.3) is 0 Å². The lowest BCUT2D eigenvalue weighted by Gasteiger charge is -2.36. The van der Waals surface area contributed by atoms with Crippen molar-refractivity contribution in [1.82, 2.24) is 20.4 Å². The predicted molar refractivity (Wildman–Crippen MR) is 148 cm³/mol. The van der Waals surface area contributed by atoms with Gasteiger partial charge in [-0.25, -0.2) is 0 Å². The molecule has 0 aliphatic carbocycles. The summed E-state index contributed by atoms with van der Waals surface area (Å²) in [5.74, 6) is 1.47. The fourth-order valence-electron chi connectivity index (χ4n) is 4.82. The van der Waals surface area contributed by atoms with Gasteiger partial charge in [-0.2, -0.15) is 0 Å². The van der Waals surface area contributed by atoms with Crippen LogP contribution in [0.5, 0.6) is 0 Å². The lowest BCUT2D eigenvalue weighted by Crippen LogP contribution is -2.49. The summed E-state index contributed by atoms with van der Waals surface area (Å²) in [5, 5.41) is 6.98. The minimum atomic E-state index is 0. The Balaban J connectivity index is 0.00000385. The molecule has 0 saturated carbocycles. The molecule has 0 spiro atoms. The highest BCUT2D eigenvalue weighted by atomic mass is 127. The summed E-state index contributed by atoms with van der Waals surface area (Å²) in [6.07, 6.45) is 7.98. The predicted octanol–water partition coefficient (Wildman–Crippen LogP) is 3.91. The molecule has 7 heteroatoms. The van der Waals surface area contributed by atoms with Gasteiger partial charge in [0.15, 0.2) is 5.96 Å². The lowest BCUT2D eigenvalue weighted by molar-refractivity contribution is -0.127. The number of unbranched alkanes of at least 4 members (excludes halogenated alkanes) is 1. The van der Waals surface area contributed by atoms with Gasteiger partial charge in [0, 0.05) is 51.1 Å². The number of amides is 1. The molecule has 1 aromatic carbocycles. The van der Waals surface area contributed by atoms with E-state index in [0.717, 1.165) is 38.6 Å². The number of guanidine groups is 1. The van der Waals surface area contributed by atoms with Gasteiger partial charge in [0.05, 0.1) is 0 Å². The summed E-state index contributed by atoms with van der Waals surface area (Å²) in [6.45, 7) is 10.9. The highest BCUT2D eigenvalue weighted by molar-refractivity contribution is 14.0. The van der Waals surface area contributed by atoms with Crippen LogP contribution in [0.15, 0.2) is 35.3 Å². The van der Waals surface area contributed by atoms with E-state index in [4.69, 9.17) is 4.99 Å². The zero-order valence-electron chi connectivity index (χ0n) is 20.6.